The second-order valence-electron chi connectivity index (χ2n) is 10.8. The minimum absolute atomic E-state index is 0.0863. The molecule has 8 nitrogen and oxygen atoms in total. The van der Waals surface area contributed by atoms with Crippen LogP contribution in [0.5, 0.6) is 0 Å². The van der Waals surface area contributed by atoms with Gasteiger partial charge < -0.3 is 19.7 Å². The summed E-state index contributed by atoms with van der Waals surface area (Å²) in [6.07, 6.45) is 0. The Bertz CT molecular complexity index is 1670. The van der Waals surface area contributed by atoms with Crippen molar-refractivity contribution in [3.63, 3.8) is 0 Å². The molecule has 0 radical (unpaired) electrons. The third-order valence-corrected chi connectivity index (χ3v) is 7.83. The summed E-state index contributed by atoms with van der Waals surface area (Å²) in [5.41, 5.74) is 5.27. The molecule has 2 heterocycles. The molecule has 0 aliphatic carbocycles. The van der Waals surface area contributed by atoms with Gasteiger partial charge in [0.25, 0.3) is 0 Å². The molecule has 0 saturated carbocycles. The van der Waals surface area contributed by atoms with E-state index in [1.54, 1.807) is 38.1 Å². The van der Waals surface area contributed by atoms with E-state index < -0.39 is 5.97 Å². The van der Waals surface area contributed by atoms with E-state index in [2.05, 4.69) is 22.3 Å². The summed E-state index contributed by atoms with van der Waals surface area (Å²) in [5, 5.41) is 13.4. The number of piperazine rings is 1. The van der Waals surface area contributed by atoms with Gasteiger partial charge in [-0.05, 0) is 50.1 Å². The van der Waals surface area contributed by atoms with Crippen LogP contribution in [0.25, 0.3) is 22.3 Å². The number of carbonyl (C=O) groups excluding carboxylic acids is 1. The average molecular weight is 554 g/mol. The molecule has 1 atom stereocenters. The van der Waals surface area contributed by atoms with E-state index in [1.165, 1.54) is 0 Å². The molecule has 1 fully saturated rings. The number of carbonyl (C=O) groups is 2. The van der Waals surface area contributed by atoms with Crippen molar-refractivity contribution in [3.8, 4) is 11.3 Å². The number of nitrogens with one attached hydrogen (secondary N) is 1. The van der Waals surface area contributed by atoms with E-state index in [4.69, 9.17) is 4.42 Å². The number of rotatable bonds is 7. The Labute approximate surface area is 239 Å². The molecule has 4 aromatic rings. The van der Waals surface area contributed by atoms with Crippen LogP contribution in [0.15, 0.2) is 69.9 Å². The van der Waals surface area contributed by atoms with Gasteiger partial charge in [-0.15, -0.1) is 0 Å². The molecule has 2 N–H and O–H groups in total. The highest BCUT2D eigenvalue weighted by Crippen LogP contribution is 2.33. The lowest BCUT2D eigenvalue weighted by molar-refractivity contribution is -0.130. The molecule has 0 bridgehead atoms. The van der Waals surface area contributed by atoms with Crippen LogP contribution >= 0.6 is 0 Å². The van der Waals surface area contributed by atoms with E-state index in [0.29, 0.717) is 28.0 Å². The molecule has 5 rings (SSSR count). The van der Waals surface area contributed by atoms with Gasteiger partial charge in [0.2, 0.25) is 5.91 Å². The zero-order valence-corrected chi connectivity index (χ0v) is 23.9. The Kier molecular flexibility index (Phi) is 7.94. The Balaban J connectivity index is 1.45. The SMILES string of the molecule is CC(=O)N1CCN(Cc2ccc(-c3oc4c([C@@H](C)Nc5ccccc5C(=O)O)cc(C)cc4c(=O)c3C)cc2)CC1. The van der Waals surface area contributed by atoms with Crippen molar-refractivity contribution in [1.82, 2.24) is 9.80 Å². The van der Waals surface area contributed by atoms with Crippen LogP contribution in [0.2, 0.25) is 0 Å². The second kappa shape index (κ2) is 11.6. The highest BCUT2D eigenvalue weighted by molar-refractivity contribution is 5.94. The van der Waals surface area contributed by atoms with Crippen molar-refractivity contribution >= 4 is 28.5 Å². The van der Waals surface area contributed by atoms with Crippen molar-refractivity contribution in [2.75, 3.05) is 31.5 Å². The minimum atomic E-state index is -1.01. The summed E-state index contributed by atoms with van der Waals surface area (Å²) >= 11 is 0. The third-order valence-electron chi connectivity index (χ3n) is 7.83. The maximum Gasteiger partial charge on any atom is 0.337 e. The predicted octanol–water partition coefficient (Wildman–Crippen LogP) is 5.61. The molecule has 41 heavy (non-hydrogen) atoms. The van der Waals surface area contributed by atoms with Crippen molar-refractivity contribution in [1.29, 1.82) is 0 Å². The van der Waals surface area contributed by atoms with Crippen LogP contribution in [0, 0.1) is 13.8 Å². The van der Waals surface area contributed by atoms with Gasteiger partial charge in [0.15, 0.2) is 5.43 Å². The first-order chi connectivity index (χ1) is 19.6. The maximum atomic E-state index is 13.6. The van der Waals surface area contributed by atoms with Gasteiger partial charge in [-0.2, -0.15) is 0 Å². The van der Waals surface area contributed by atoms with Gasteiger partial charge in [0.1, 0.15) is 11.3 Å². The second-order valence-corrected chi connectivity index (χ2v) is 10.8. The summed E-state index contributed by atoms with van der Waals surface area (Å²) < 4.78 is 6.50. The van der Waals surface area contributed by atoms with E-state index in [1.807, 2.05) is 43.0 Å². The fourth-order valence-electron chi connectivity index (χ4n) is 5.51. The normalized spacial score (nSPS) is 14.7. The first kappa shape index (κ1) is 28.1. The summed E-state index contributed by atoms with van der Waals surface area (Å²) in [7, 11) is 0. The average Bonchev–Trinajstić information content (AvgIpc) is 2.96. The van der Waals surface area contributed by atoms with Gasteiger partial charge in [-0.3, -0.25) is 14.5 Å². The zero-order valence-electron chi connectivity index (χ0n) is 23.9. The van der Waals surface area contributed by atoms with Gasteiger partial charge >= 0.3 is 5.97 Å². The minimum Gasteiger partial charge on any atom is -0.478 e. The molecule has 1 saturated heterocycles. The molecule has 212 valence electrons. The highest BCUT2D eigenvalue weighted by Gasteiger charge is 2.21. The van der Waals surface area contributed by atoms with Crippen LogP contribution in [-0.4, -0.2) is 53.0 Å². The fourth-order valence-corrected chi connectivity index (χ4v) is 5.51. The number of carboxylic acids is 1. The number of carboxylic acid groups (broad SMARTS) is 1. The Morgan fingerprint density at radius 3 is 2.34 bits per heavy atom. The van der Waals surface area contributed by atoms with E-state index in [9.17, 15) is 19.5 Å². The number of fused-ring (bicyclic) bond motifs is 1. The fraction of sp³-hybridized carbons (Fsp3) is 0.303. The molecular weight excluding hydrogens is 518 g/mol. The summed E-state index contributed by atoms with van der Waals surface area (Å²) in [6, 6.07) is 18.3. The van der Waals surface area contributed by atoms with Crippen molar-refractivity contribution < 1.29 is 19.1 Å². The van der Waals surface area contributed by atoms with E-state index in [-0.39, 0.29) is 22.9 Å². The molecule has 1 aromatic heterocycles. The molecular formula is C33H35N3O5. The van der Waals surface area contributed by atoms with Crippen molar-refractivity contribution in [2.45, 2.75) is 40.3 Å². The number of aromatic carboxylic acids is 1. The quantitative estimate of drug-likeness (QED) is 0.307. The lowest BCUT2D eigenvalue weighted by atomic mass is 9.98. The molecule has 0 unspecified atom stereocenters. The van der Waals surface area contributed by atoms with Gasteiger partial charge in [0, 0.05) is 62.0 Å². The first-order valence-corrected chi connectivity index (χ1v) is 13.9. The van der Waals surface area contributed by atoms with Crippen LogP contribution in [0.4, 0.5) is 5.69 Å². The van der Waals surface area contributed by atoms with Gasteiger partial charge in [0.05, 0.1) is 17.0 Å². The Morgan fingerprint density at radius 1 is 1.00 bits per heavy atom. The largest absolute Gasteiger partial charge is 0.478 e. The molecule has 8 heteroatoms. The maximum absolute atomic E-state index is 13.6. The number of benzene rings is 3. The third kappa shape index (κ3) is 5.88. The molecule has 1 aliphatic heterocycles. The smallest absolute Gasteiger partial charge is 0.337 e. The topological polar surface area (TPSA) is 103 Å². The predicted molar refractivity (Wildman–Crippen MR) is 160 cm³/mol. The molecule has 3 aromatic carbocycles. The van der Waals surface area contributed by atoms with Gasteiger partial charge in [-0.25, -0.2) is 4.79 Å². The number of nitrogens with zero attached hydrogens (tertiary/aromatic N) is 2. The van der Waals surface area contributed by atoms with E-state index >= 15 is 0 Å². The summed E-state index contributed by atoms with van der Waals surface area (Å²) in [4.78, 5) is 41.1. The lowest BCUT2D eigenvalue weighted by Crippen LogP contribution is -2.47. The number of hydrogen-bond acceptors (Lipinski definition) is 6. The number of hydrogen-bond donors (Lipinski definition) is 2. The van der Waals surface area contributed by atoms with Crippen LogP contribution in [-0.2, 0) is 11.3 Å². The van der Waals surface area contributed by atoms with Crippen molar-refractivity contribution in [2.24, 2.45) is 0 Å². The first-order valence-electron chi connectivity index (χ1n) is 13.9. The number of aryl methyl sites for hydroxylation is 1. The summed E-state index contributed by atoms with van der Waals surface area (Å²) in [6.45, 7) is 11.2. The van der Waals surface area contributed by atoms with Crippen LogP contribution in [0.1, 0.15) is 52.5 Å². The monoisotopic (exact) mass is 553 g/mol. The Hall–Kier alpha value is -4.43. The number of para-hydroxylation sites is 1. The molecule has 1 amide bonds. The van der Waals surface area contributed by atoms with Gasteiger partial charge in [-0.1, -0.05) is 42.5 Å². The number of amides is 1. The highest BCUT2D eigenvalue weighted by atomic mass is 16.4. The standard InChI is InChI=1S/C33H35N3O5/c1-20-17-27(22(3)34-29-8-6-5-7-26(29)33(39)40)32-28(18-20)30(38)21(2)31(41-32)25-11-9-24(10-12-25)19-35-13-15-36(16-14-35)23(4)37/h5-12,17-18,22,34H,13-16,19H2,1-4H3,(H,39,40)/t22-/m1/s1. The summed E-state index contributed by atoms with van der Waals surface area (Å²) in [5.74, 6) is -0.372. The lowest BCUT2D eigenvalue weighted by Gasteiger charge is -2.34. The van der Waals surface area contributed by atoms with Crippen LogP contribution in [0.3, 0.4) is 0 Å². The molecule has 0 spiro atoms. The van der Waals surface area contributed by atoms with Crippen molar-refractivity contribution in [3.05, 3.63) is 98.7 Å². The Morgan fingerprint density at radius 2 is 1.68 bits per heavy atom. The van der Waals surface area contributed by atoms with E-state index in [0.717, 1.165) is 55.0 Å². The van der Waals surface area contributed by atoms with Crippen LogP contribution < -0.4 is 10.7 Å². The number of anilines is 1. The molecule has 1 aliphatic rings. The zero-order chi connectivity index (χ0) is 29.3.